The molecule has 0 fully saturated rings. The van der Waals surface area contributed by atoms with Crippen LogP contribution < -0.4 is 5.32 Å². The predicted molar refractivity (Wildman–Crippen MR) is 83.3 cm³/mol. The first kappa shape index (κ1) is 17.1. The predicted octanol–water partition coefficient (Wildman–Crippen LogP) is 2.39. The Labute approximate surface area is 123 Å². The minimum Gasteiger partial charge on any atom is -0.316 e. The van der Waals surface area contributed by atoms with Gasteiger partial charge in [-0.15, -0.1) is 0 Å². The fourth-order valence-corrected chi connectivity index (χ4v) is 4.38. The summed E-state index contributed by atoms with van der Waals surface area (Å²) in [5, 5.41) is 3.06. The summed E-state index contributed by atoms with van der Waals surface area (Å²) >= 11 is 0. The summed E-state index contributed by atoms with van der Waals surface area (Å²) in [5.74, 6) is 0. The Morgan fingerprint density at radius 1 is 1.25 bits per heavy atom. The molecule has 0 aliphatic rings. The van der Waals surface area contributed by atoms with Gasteiger partial charge in [0.25, 0.3) is 0 Å². The van der Waals surface area contributed by atoms with E-state index in [2.05, 4.69) is 5.32 Å². The van der Waals surface area contributed by atoms with Gasteiger partial charge in [-0.3, -0.25) is 0 Å². The van der Waals surface area contributed by atoms with E-state index in [1.165, 1.54) is 0 Å². The second kappa shape index (κ2) is 7.20. The van der Waals surface area contributed by atoms with Crippen molar-refractivity contribution in [1.29, 1.82) is 0 Å². The molecule has 0 atom stereocenters. The van der Waals surface area contributed by atoms with Crippen molar-refractivity contribution in [3.8, 4) is 0 Å². The third-order valence-corrected chi connectivity index (χ3v) is 5.60. The highest BCUT2D eigenvalue weighted by Crippen LogP contribution is 2.24. The number of nitrogens with one attached hydrogen (secondary N) is 1. The van der Waals surface area contributed by atoms with Crippen LogP contribution in [0.25, 0.3) is 0 Å². The number of rotatable bonds is 7. The summed E-state index contributed by atoms with van der Waals surface area (Å²) in [4.78, 5) is 0.448. The normalized spacial score (nSPS) is 12.3. The van der Waals surface area contributed by atoms with Crippen LogP contribution in [0.15, 0.2) is 23.1 Å². The molecule has 0 saturated heterocycles. The van der Waals surface area contributed by atoms with E-state index in [1.807, 2.05) is 46.9 Å². The molecular weight excluding hydrogens is 272 g/mol. The number of hydrogen-bond acceptors (Lipinski definition) is 3. The Balaban J connectivity index is 3.37. The quantitative estimate of drug-likeness (QED) is 0.841. The zero-order valence-corrected chi connectivity index (χ0v) is 13.9. The van der Waals surface area contributed by atoms with E-state index in [9.17, 15) is 8.42 Å². The molecule has 0 amide bonds. The monoisotopic (exact) mass is 298 g/mol. The van der Waals surface area contributed by atoms with Crippen molar-refractivity contribution >= 4 is 10.0 Å². The highest BCUT2D eigenvalue weighted by atomic mass is 32.2. The van der Waals surface area contributed by atoms with E-state index in [4.69, 9.17) is 0 Å². The first-order chi connectivity index (χ1) is 9.38. The average molecular weight is 298 g/mol. The largest absolute Gasteiger partial charge is 0.316 e. The fraction of sp³-hybridized carbons (Fsp3) is 0.600. The molecule has 0 radical (unpaired) electrons. The van der Waals surface area contributed by atoms with Gasteiger partial charge in [-0.05, 0) is 44.5 Å². The van der Waals surface area contributed by atoms with E-state index in [0.29, 0.717) is 24.4 Å². The molecule has 0 saturated carbocycles. The van der Waals surface area contributed by atoms with Crippen molar-refractivity contribution in [3.63, 3.8) is 0 Å². The Hall–Kier alpha value is -0.910. The standard InChI is InChI=1S/C15H26N2O2S/c1-6-14-9-8-13(11-16-5)10-15(14)20(18,19)17(7-2)12(3)4/h8-10,12,16H,6-7,11H2,1-5H3. The van der Waals surface area contributed by atoms with E-state index in [-0.39, 0.29) is 6.04 Å². The summed E-state index contributed by atoms with van der Waals surface area (Å²) < 4.78 is 27.2. The Morgan fingerprint density at radius 3 is 2.35 bits per heavy atom. The van der Waals surface area contributed by atoms with Gasteiger partial charge in [0.15, 0.2) is 0 Å². The second-order valence-corrected chi connectivity index (χ2v) is 6.99. The summed E-state index contributed by atoms with van der Waals surface area (Å²) in [6.45, 7) is 8.83. The SMILES string of the molecule is CCc1ccc(CNC)cc1S(=O)(=O)N(CC)C(C)C. The fourth-order valence-electron chi connectivity index (χ4n) is 2.38. The molecule has 1 N–H and O–H groups in total. The van der Waals surface area contributed by atoms with Crippen molar-refractivity contribution in [1.82, 2.24) is 9.62 Å². The van der Waals surface area contributed by atoms with Crippen LogP contribution in [-0.4, -0.2) is 32.4 Å². The molecule has 5 heteroatoms. The summed E-state index contributed by atoms with van der Waals surface area (Å²) in [6.07, 6.45) is 0.712. The van der Waals surface area contributed by atoms with Crippen LogP contribution in [0.5, 0.6) is 0 Å². The van der Waals surface area contributed by atoms with Gasteiger partial charge in [-0.1, -0.05) is 26.0 Å². The number of benzene rings is 1. The molecular formula is C15H26N2O2S. The van der Waals surface area contributed by atoms with Gasteiger partial charge >= 0.3 is 0 Å². The maximum absolute atomic E-state index is 12.8. The van der Waals surface area contributed by atoms with Gasteiger partial charge in [0.2, 0.25) is 10.0 Å². The first-order valence-electron chi connectivity index (χ1n) is 7.16. The highest BCUT2D eigenvalue weighted by Gasteiger charge is 2.27. The molecule has 0 heterocycles. The van der Waals surface area contributed by atoms with Crippen molar-refractivity contribution < 1.29 is 8.42 Å². The second-order valence-electron chi connectivity index (χ2n) is 5.13. The molecule has 0 aromatic heterocycles. The van der Waals surface area contributed by atoms with Gasteiger partial charge in [0, 0.05) is 19.1 Å². The molecule has 0 aliphatic carbocycles. The number of hydrogen-bond donors (Lipinski definition) is 1. The molecule has 1 rings (SSSR count). The van der Waals surface area contributed by atoms with Crippen molar-refractivity contribution in [3.05, 3.63) is 29.3 Å². The first-order valence-corrected chi connectivity index (χ1v) is 8.60. The average Bonchev–Trinajstić information content (AvgIpc) is 2.39. The van der Waals surface area contributed by atoms with Crippen LogP contribution in [0.3, 0.4) is 0 Å². The Kier molecular flexibility index (Phi) is 6.17. The molecule has 4 nitrogen and oxygen atoms in total. The summed E-state index contributed by atoms with van der Waals surface area (Å²) in [7, 11) is -1.57. The third kappa shape index (κ3) is 3.59. The molecule has 0 aliphatic heterocycles. The molecule has 1 aromatic carbocycles. The van der Waals surface area contributed by atoms with Gasteiger partial charge in [0.1, 0.15) is 0 Å². The summed E-state index contributed by atoms with van der Waals surface area (Å²) in [5.41, 5.74) is 1.87. The van der Waals surface area contributed by atoms with E-state index < -0.39 is 10.0 Å². The van der Waals surface area contributed by atoms with Gasteiger partial charge in [-0.2, -0.15) is 4.31 Å². The maximum atomic E-state index is 12.8. The lowest BCUT2D eigenvalue weighted by Gasteiger charge is -2.25. The molecule has 114 valence electrons. The van der Waals surface area contributed by atoms with Crippen molar-refractivity contribution in [2.75, 3.05) is 13.6 Å². The van der Waals surface area contributed by atoms with Gasteiger partial charge < -0.3 is 5.32 Å². The Morgan fingerprint density at radius 2 is 1.90 bits per heavy atom. The molecule has 1 aromatic rings. The van der Waals surface area contributed by atoms with Gasteiger partial charge in [-0.25, -0.2) is 8.42 Å². The van der Waals surface area contributed by atoms with Crippen LogP contribution in [-0.2, 0) is 23.0 Å². The molecule has 0 bridgehead atoms. The zero-order valence-electron chi connectivity index (χ0n) is 13.1. The number of nitrogens with zero attached hydrogens (tertiary/aromatic N) is 1. The highest BCUT2D eigenvalue weighted by molar-refractivity contribution is 7.89. The van der Waals surface area contributed by atoms with Crippen LogP contribution in [0.4, 0.5) is 0 Å². The number of sulfonamides is 1. The topological polar surface area (TPSA) is 49.4 Å². The molecule has 0 unspecified atom stereocenters. The zero-order chi connectivity index (χ0) is 15.3. The van der Waals surface area contributed by atoms with E-state index in [0.717, 1.165) is 11.1 Å². The lowest BCUT2D eigenvalue weighted by molar-refractivity contribution is 0.369. The van der Waals surface area contributed by atoms with Crippen LogP contribution >= 0.6 is 0 Å². The summed E-state index contributed by atoms with van der Waals surface area (Å²) in [6, 6.07) is 5.67. The lowest BCUT2D eigenvalue weighted by atomic mass is 10.1. The van der Waals surface area contributed by atoms with Gasteiger partial charge in [0.05, 0.1) is 4.90 Å². The maximum Gasteiger partial charge on any atom is 0.243 e. The van der Waals surface area contributed by atoms with Crippen LogP contribution in [0, 0.1) is 0 Å². The van der Waals surface area contributed by atoms with Crippen LogP contribution in [0.2, 0.25) is 0 Å². The Bertz CT molecular complexity index is 539. The van der Waals surface area contributed by atoms with E-state index >= 15 is 0 Å². The number of aryl methyl sites for hydroxylation is 1. The third-order valence-electron chi connectivity index (χ3n) is 3.37. The van der Waals surface area contributed by atoms with E-state index in [1.54, 1.807) is 10.4 Å². The minimum atomic E-state index is -3.43. The van der Waals surface area contributed by atoms with Crippen molar-refractivity contribution in [2.45, 2.75) is 51.6 Å². The smallest absolute Gasteiger partial charge is 0.243 e. The minimum absolute atomic E-state index is 0.0392. The van der Waals surface area contributed by atoms with Crippen LogP contribution in [0.1, 0.15) is 38.8 Å². The van der Waals surface area contributed by atoms with Crippen molar-refractivity contribution in [2.24, 2.45) is 0 Å². The molecule has 20 heavy (non-hydrogen) atoms. The lowest BCUT2D eigenvalue weighted by Crippen LogP contribution is -2.37. The molecule has 0 spiro atoms.